The van der Waals surface area contributed by atoms with Gasteiger partial charge in [0.05, 0.1) is 0 Å². The maximum absolute atomic E-state index is 8.73. The van der Waals surface area contributed by atoms with Gasteiger partial charge in [-0.15, -0.1) is 10.2 Å². The smallest absolute Gasteiger partial charge is 0.179 e. The van der Waals surface area contributed by atoms with Gasteiger partial charge in [-0.05, 0) is 12.3 Å². The Morgan fingerprint density at radius 3 is 2.89 bits per heavy atom. The molecule has 0 unspecified atom stereocenters. The Kier molecular flexibility index (Phi) is 4.39. The lowest BCUT2D eigenvalue weighted by atomic mass is 10.2. The predicted octanol–water partition coefficient (Wildman–Crippen LogP) is 1.90. The van der Waals surface area contributed by atoms with Crippen molar-refractivity contribution < 1.29 is 5.21 Å². The summed E-state index contributed by atoms with van der Waals surface area (Å²) in [6, 6.07) is 1.69. The molecule has 3 N–H and O–H groups in total. The molecule has 0 saturated heterocycles. The van der Waals surface area contributed by atoms with Crippen molar-refractivity contribution in [3.05, 3.63) is 24.0 Å². The zero-order valence-electron chi connectivity index (χ0n) is 9.27. The Labute approximate surface area is 116 Å². The van der Waals surface area contributed by atoms with Gasteiger partial charge in [-0.1, -0.05) is 40.0 Å². The molecule has 18 heavy (non-hydrogen) atoms. The van der Waals surface area contributed by atoms with Crippen LogP contribution >= 0.6 is 34.9 Å². The maximum atomic E-state index is 8.73. The zero-order valence-corrected chi connectivity index (χ0v) is 11.7. The van der Waals surface area contributed by atoms with Gasteiger partial charge in [0.25, 0.3) is 0 Å². The molecule has 0 amide bonds. The van der Waals surface area contributed by atoms with E-state index in [4.69, 9.17) is 10.9 Å². The first-order valence-corrected chi connectivity index (χ1v) is 7.57. The first-order chi connectivity index (χ1) is 8.74. The van der Waals surface area contributed by atoms with Crippen molar-refractivity contribution in [1.29, 1.82) is 0 Å². The third-order valence-electron chi connectivity index (χ3n) is 1.93. The fraction of sp³-hybridized carbons (Fsp3) is 0.111. The van der Waals surface area contributed by atoms with Crippen LogP contribution in [0, 0.1) is 0 Å². The van der Waals surface area contributed by atoms with Crippen LogP contribution in [0.1, 0.15) is 5.56 Å². The number of oxime groups is 1. The van der Waals surface area contributed by atoms with Crippen LogP contribution in [0.4, 0.5) is 0 Å². The third kappa shape index (κ3) is 2.92. The highest BCUT2D eigenvalue weighted by Gasteiger charge is 2.11. The summed E-state index contributed by atoms with van der Waals surface area (Å²) in [5.74, 6) is 0.0505. The number of hydrogen-bond acceptors (Lipinski definition) is 8. The number of hydrogen-bond donors (Lipinski definition) is 2. The van der Waals surface area contributed by atoms with E-state index in [-0.39, 0.29) is 5.84 Å². The van der Waals surface area contributed by atoms with E-state index >= 15 is 0 Å². The van der Waals surface area contributed by atoms with Crippen LogP contribution < -0.4 is 5.73 Å². The molecule has 0 spiro atoms. The van der Waals surface area contributed by atoms with Crippen LogP contribution in [0.2, 0.25) is 0 Å². The summed E-state index contributed by atoms with van der Waals surface area (Å²) < 4.78 is 1.69. The summed E-state index contributed by atoms with van der Waals surface area (Å²) in [4.78, 5) is 4.80. The molecule has 0 radical (unpaired) electrons. The van der Waals surface area contributed by atoms with Crippen molar-refractivity contribution in [2.45, 2.75) is 13.6 Å². The van der Waals surface area contributed by atoms with Crippen LogP contribution in [0.5, 0.6) is 0 Å². The van der Waals surface area contributed by atoms with Gasteiger partial charge in [0.15, 0.2) is 14.5 Å². The Morgan fingerprint density at radius 2 is 2.22 bits per heavy atom. The van der Waals surface area contributed by atoms with Gasteiger partial charge in [0, 0.05) is 22.9 Å². The molecule has 0 saturated carbocycles. The lowest BCUT2D eigenvalue weighted by molar-refractivity contribution is 0.318. The lowest BCUT2D eigenvalue weighted by Crippen LogP contribution is -2.14. The minimum Gasteiger partial charge on any atom is -0.409 e. The first kappa shape index (κ1) is 13.1. The Balaban J connectivity index is 2.28. The van der Waals surface area contributed by atoms with E-state index in [1.165, 1.54) is 23.1 Å². The summed E-state index contributed by atoms with van der Waals surface area (Å²) in [7, 11) is 0. The average molecular weight is 299 g/mol. The van der Waals surface area contributed by atoms with Crippen molar-refractivity contribution in [1.82, 2.24) is 15.2 Å². The van der Waals surface area contributed by atoms with Crippen molar-refractivity contribution in [3.8, 4) is 0 Å². The molecule has 9 heteroatoms. The van der Waals surface area contributed by atoms with Crippen molar-refractivity contribution in [2.24, 2.45) is 10.9 Å². The van der Waals surface area contributed by atoms with Gasteiger partial charge in [-0.2, -0.15) is 0 Å². The molecular weight excluding hydrogens is 290 g/mol. The number of pyridine rings is 1. The SMILES string of the molecule is CSc1nnc(Sc2cnccc2/C(N)=N/O)s1. The third-order valence-corrected chi connectivity index (χ3v) is 4.92. The molecule has 94 valence electrons. The van der Waals surface area contributed by atoms with Gasteiger partial charge in [0.2, 0.25) is 0 Å². The van der Waals surface area contributed by atoms with Gasteiger partial charge in [-0.25, -0.2) is 0 Å². The topological polar surface area (TPSA) is 97.3 Å². The van der Waals surface area contributed by atoms with E-state index in [2.05, 4.69) is 20.3 Å². The van der Waals surface area contributed by atoms with Crippen molar-refractivity contribution in [3.63, 3.8) is 0 Å². The second-order valence-corrected chi connectivity index (χ2v) is 6.32. The standard InChI is InChI=1S/C9H9N5OS3/c1-16-8-12-13-9(18-8)17-6-4-11-3-2-5(6)7(10)14-15/h2-4,15H,1H3,(H2,10,14). The highest BCUT2D eigenvalue weighted by molar-refractivity contribution is 8.03. The van der Waals surface area contributed by atoms with Gasteiger partial charge >= 0.3 is 0 Å². The number of amidine groups is 1. The molecular formula is C9H9N5OS3. The number of thioether (sulfide) groups is 1. The van der Waals surface area contributed by atoms with Crippen LogP contribution in [-0.2, 0) is 0 Å². The molecule has 2 rings (SSSR count). The summed E-state index contributed by atoms with van der Waals surface area (Å²) in [5, 5.41) is 19.8. The lowest BCUT2D eigenvalue weighted by Gasteiger charge is -2.04. The average Bonchev–Trinajstić information content (AvgIpc) is 2.86. The summed E-state index contributed by atoms with van der Waals surface area (Å²) in [6.45, 7) is 0. The molecule has 0 atom stereocenters. The predicted molar refractivity (Wildman–Crippen MR) is 72.6 cm³/mol. The minimum absolute atomic E-state index is 0.0505. The van der Waals surface area contributed by atoms with Gasteiger partial charge in [-0.3, -0.25) is 4.98 Å². The molecule has 2 aromatic rings. The first-order valence-electron chi connectivity index (χ1n) is 4.72. The molecule has 0 bridgehead atoms. The van der Waals surface area contributed by atoms with Crippen molar-refractivity contribution >= 4 is 40.7 Å². The van der Waals surface area contributed by atoms with Gasteiger partial charge in [0.1, 0.15) is 0 Å². The Hall–Kier alpha value is -1.32. The molecule has 0 aliphatic rings. The largest absolute Gasteiger partial charge is 0.409 e. The number of nitrogens with two attached hydrogens (primary N) is 1. The number of nitrogens with zero attached hydrogens (tertiary/aromatic N) is 4. The van der Waals surface area contributed by atoms with E-state index in [1.807, 2.05) is 6.26 Å². The normalized spacial score (nSPS) is 11.7. The number of aromatic nitrogens is 3. The Bertz CT molecular complexity index is 571. The second-order valence-electron chi connectivity index (χ2n) is 3.00. The van der Waals surface area contributed by atoms with Crippen LogP contribution in [0.25, 0.3) is 0 Å². The van der Waals surface area contributed by atoms with E-state index in [1.54, 1.807) is 30.2 Å². The molecule has 6 nitrogen and oxygen atoms in total. The quantitative estimate of drug-likeness (QED) is 0.292. The highest BCUT2D eigenvalue weighted by Crippen LogP contribution is 2.33. The summed E-state index contributed by atoms with van der Waals surface area (Å²) in [5.41, 5.74) is 6.23. The Morgan fingerprint density at radius 1 is 1.44 bits per heavy atom. The zero-order chi connectivity index (χ0) is 13.0. The van der Waals surface area contributed by atoms with E-state index in [0.717, 1.165) is 13.6 Å². The molecule has 2 heterocycles. The monoisotopic (exact) mass is 299 g/mol. The van der Waals surface area contributed by atoms with Crippen molar-refractivity contribution in [2.75, 3.05) is 6.26 Å². The second kappa shape index (κ2) is 6.03. The molecule has 0 fully saturated rings. The molecule has 2 aromatic heterocycles. The van der Waals surface area contributed by atoms with Crippen LogP contribution in [0.3, 0.4) is 0 Å². The molecule has 0 aromatic carbocycles. The van der Waals surface area contributed by atoms with Gasteiger partial charge < -0.3 is 10.9 Å². The minimum atomic E-state index is 0.0505. The molecule has 0 aliphatic carbocycles. The van der Waals surface area contributed by atoms with E-state index < -0.39 is 0 Å². The fourth-order valence-electron chi connectivity index (χ4n) is 1.14. The number of rotatable bonds is 4. The highest BCUT2D eigenvalue weighted by atomic mass is 32.2. The maximum Gasteiger partial charge on any atom is 0.179 e. The van der Waals surface area contributed by atoms with E-state index in [0.29, 0.717) is 5.56 Å². The summed E-state index contributed by atoms with van der Waals surface area (Å²) >= 11 is 4.42. The van der Waals surface area contributed by atoms with Crippen LogP contribution in [-0.4, -0.2) is 32.5 Å². The van der Waals surface area contributed by atoms with E-state index in [9.17, 15) is 0 Å². The molecule has 0 aliphatic heterocycles. The summed E-state index contributed by atoms with van der Waals surface area (Å²) in [6.07, 6.45) is 5.18. The van der Waals surface area contributed by atoms with Crippen LogP contribution in [0.15, 0.2) is 37.2 Å². The fourth-order valence-corrected chi connectivity index (χ4v) is 3.64.